The Morgan fingerprint density at radius 2 is 1.23 bits per heavy atom. The molecule has 0 spiro atoms. The van der Waals surface area contributed by atoms with E-state index >= 15 is 0 Å². The number of benzene rings is 5. The fourth-order valence-electron chi connectivity index (χ4n) is 5.66. The number of fused-ring (bicyclic) bond motifs is 3. The first-order valence-corrected chi connectivity index (χ1v) is 14.3. The van der Waals surface area contributed by atoms with Crippen LogP contribution in [0.15, 0.2) is 121 Å². The van der Waals surface area contributed by atoms with Gasteiger partial charge in [-0.15, -0.1) is 0 Å². The third-order valence-corrected chi connectivity index (χ3v) is 7.73. The van der Waals surface area contributed by atoms with Gasteiger partial charge in [-0.1, -0.05) is 92.4 Å². The van der Waals surface area contributed by atoms with Gasteiger partial charge < -0.3 is 9.47 Å². The van der Waals surface area contributed by atoms with Gasteiger partial charge in [0.15, 0.2) is 0 Å². The van der Waals surface area contributed by atoms with E-state index in [9.17, 15) is 0 Å². The van der Waals surface area contributed by atoms with Gasteiger partial charge in [0.2, 0.25) is 0 Å². The number of hydrogen-bond donors (Lipinski definition) is 0. The molecule has 0 aliphatic carbocycles. The zero-order chi connectivity index (χ0) is 26.6. The van der Waals surface area contributed by atoms with Gasteiger partial charge in [-0.25, -0.2) is 0 Å². The second-order valence-electron chi connectivity index (χ2n) is 10.5. The zero-order valence-electron chi connectivity index (χ0n) is 23.0. The summed E-state index contributed by atoms with van der Waals surface area (Å²) in [6.07, 6.45) is 6.35. The molecule has 2 nitrogen and oxygen atoms in total. The minimum absolute atomic E-state index is 1.15. The van der Waals surface area contributed by atoms with Crippen molar-refractivity contribution in [2.75, 3.05) is 4.90 Å². The van der Waals surface area contributed by atoms with Gasteiger partial charge in [-0.05, 0) is 86.0 Å². The molecule has 194 valence electrons. The summed E-state index contributed by atoms with van der Waals surface area (Å²) in [5.41, 5.74) is 9.83. The maximum absolute atomic E-state index is 2.41. The number of anilines is 3. The molecule has 0 radical (unpaired) electrons. The fourth-order valence-corrected chi connectivity index (χ4v) is 5.66. The zero-order valence-corrected chi connectivity index (χ0v) is 23.0. The monoisotopic (exact) mass is 508 g/mol. The molecule has 0 atom stereocenters. The SMILES string of the molecule is CCCCCCc1ccc(-n2c3ccccc3c3cc(N(c4ccccc4)c4ccc(C)cc4)ccc32)cc1. The summed E-state index contributed by atoms with van der Waals surface area (Å²) in [7, 11) is 0. The van der Waals surface area contributed by atoms with Gasteiger partial charge in [0, 0.05) is 33.5 Å². The van der Waals surface area contributed by atoms with Crippen molar-refractivity contribution in [2.45, 2.75) is 46.0 Å². The number of para-hydroxylation sites is 2. The average Bonchev–Trinajstić information content (AvgIpc) is 3.31. The Balaban J connectivity index is 1.45. The van der Waals surface area contributed by atoms with E-state index in [1.807, 2.05) is 0 Å². The van der Waals surface area contributed by atoms with Crippen LogP contribution in [0.1, 0.15) is 43.7 Å². The molecule has 0 aliphatic rings. The first-order chi connectivity index (χ1) is 19.2. The summed E-state index contributed by atoms with van der Waals surface area (Å²) in [5, 5.41) is 2.54. The predicted molar refractivity (Wildman–Crippen MR) is 168 cm³/mol. The molecule has 5 aromatic carbocycles. The maximum Gasteiger partial charge on any atom is 0.0542 e. The van der Waals surface area contributed by atoms with Crippen LogP contribution in [0.4, 0.5) is 17.1 Å². The summed E-state index contributed by atoms with van der Waals surface area (Å²) >= 11 is 0. The molecule has 6 aromatic rings. The van der Waals surface area contributed by atoms with E-state index in [1.165, 1.54) is 64.3 Å². The van der Waals surface area contributed by atoms with E-state index < -0.39 is 0 Å². The summed E-state index contributed by atoms with van der Waals surface area (Å²) in [4.78, 5) is 2.35. The van der Waals surface area contributed by atoms with Crippen molar-refractivity contribution < 1.29 is 0 Å². The van der Waals surface area contributed by atoms with E-state index in [4.69, 9.17) is 0 Å². The van der Waals surface area contributed by atoms with Crippen molar-refractivity contribution in [3.8, 4) is 5.69 Å². The minimum atomic E-state index is 1.15. The Bertz CT molecular complexity index is 1680. The van der Waals surface area contributed by atoms with Crippen LogP contribution >= 0.6 is 0 Å². The largest absolute Gasteiger partial charge is 0.310 e. The van der Waals surface area contributed by atoms with Crippen LogP contribution in [-0.2, 0) is 6.42 Å². The summed E-state index contributed by atoms with van der Waals surface area (Å²) in [6, 6.07) is 44.3. The predicted octanol–water partition coefficient (Wildman–Crippen LogP) is 10.7. The van der Waals surface area contributed by atoms with Crippen LogP contribution in [0.25, 0.3) is 27.5 Å². The van der Waals surface area contributed by atoms with Crippen molar-refractivity contribution in [2.24, 2.45) is 0 Å². The lowest BCUT2D eigenvalue weighted by Gasteiger charge is -2.25. The van der Waals surface area contributed by atoms with E-state index in [0.29, 0.717) is 0 Å². The molecule has 0 aliphatic heterocycles. The number of nitrogens with zero attached hydrogens (tertiary/aromatic N) is 2. The lowest BCUT2D eigenvalue weighted by Crippen LogP contribution is -2.09. The van der Waals surface area contributed by atoms with Crippen LogP contribution < -0.4 is 4.90 Å². The second-order valence-corrected chi connectivity index (χ2v) is 10.5. The summed E-state index contributed by atoms with van der Waals surface area (Å²) in [5.74, 6) is 0. The molecule has 0 amide bonds. The van der Waals surface area contributed by atoms with E-state index in [1.54, 1.807) is 0 Å². The molecular weight excluding hydrogens is 472 g/mol. The topological polar surface area (TPSA) is 8.17 Å². The molecule has 1 aromatic heterocycles. The van der Waals surface area contributed by atoms with Crippen LogP contribution in [0.5, 0.6) is 0 Å². The molecule has 6 rings (SSSR count). The molecule has 0 N–H and O–H groups in total. The number of aromatic nitrogens is 1. The summed E-state index contributed by atoms with van der Waals surface area (Å²) < 4.78 is 2.41. The minimum Gasteiger partial charge on any atom is -0.310 e. The third-order valence-electron chi connectivity index (χ3n) is 7.73. The Morgan fingerprint density at radius 1 is 0.564 bits per heavy atom. The van der Waals surface area contributed by atoms with Crippen molar-refractivity contribution in [3.63, 3.8) is 0 Å². The Kier molecular flexibility index (Phi) is 7.19. The highest BCUT2D eigenvalue weighted by atomic mass is 15.1. The first-order valence-electron chi connectivity index (χ1n) is 14.3. The average molecular weight is 509 g/mol. The second kappa shape index (κ2) is 11.2. The molecule has 2 heteroatoms. The van der Waals surface area contributed by atoms with Gasteiger partial charge in [0.25, 0.3) is 0 Å². The van der Waals surface area contributed by atoms with Gasteiger partial charge >= 0.3 is 0 Å². The molecule has 39 heavy (non-hydrogen) atoms. The lowest BCUT2D eigenvalue weighted by atomic mass is 10.1. The molecule has 0 fully saturated rings. The van der Waals surface area contributed by atoms with Crippen molar-refractivity contribution >= 4 is 38.9 Å². The highest BCUT2D eigenvalue weighted by Crippen LogP contribution is 2.39. The van der Waals surface area contributed by atoms with Crippen LogP contribution in [0.3, 0.4) is 0 Å². The maximum atomic E-state index is 2.41. The van der Waals surface area contributed by atoms with Gasteiger partial charge in [0.1, 0.15) is 0 Å². The molecule has 0 unspecified atom stereocenters. The normalized spacial score (nSPS) is 11.3. The third kappa shape index (κ3) is 5.07. The lowest BCUT2D eigenvalue weighted by molar-refractivity contribution is 0.667. The number of hydrogen-bond acceptors (Lipinski definition) is 1. The molecular formula is C37H36N2. The van der Waals surface area contributed by atoms with Crippen molar-refractivity contribution in [1.29, 1.82) is 0 Å². The number of rotatable bonds is 9. The van der Waals surface area contributed by atoms with Crippen molar-refractivity contribution in [3.05, 3.63) is 132 Å². The standard InChI is InChI=1S/C37H36N2/c1-3-4-5-7-12-29-19-23-32(24-20-29)39-36-16-11-10-15-34(36)35-27-33(25-26-37(35)39)38(30-13-8-6-9-14-30)31-21-17-28(2)18-22-31/h6,8-11,13-27H,3-5,7,12H2,1-2H3. The smallest absolute Gasteiger partial charge is 0.0542 e. The number of unbranched alkanes of at least 4 members (excludes halogenated alkanes) is 3. The molecule has 0 saturated carbocycles. The van der Waals surface area contributed by atoms with E-state index in [0.717, 1.165) is 23.5 Å². The van der Waals surface area contributed by atoms with Gasteiger partial charge in [-0.3, -0.25) is 0 Å². The number of aryl methyl sites for hydroxylation is 2. The van der Waals surface area contributed by atoms with E-state index in [-0.39, 0.29) is 0 Å². The van der Waals surface area contributed by atoms with Crippen LogP contribution in [0.2, 0.25) is 0 Å². The molecule has 1 heterocycles. The van der Waals surface area contributed by atoms with E-state index in [2.05, 4.69) is 145 Å². The Hall–Kier alpha value is -4.30. The highest BCUT2D eigenvalue weighted by Gasteiger charge is 2.17. The highest BCUT2D eigenvalue weighted by molar-refractivity contribution is 6.10. The Labute approximate surface area is 232 Å². The quantitative estimate of drug-likeness (QED) is 0.176. The van der Waals surface area contributed by atoms with Gasteiger partial charge in [-0.2, -0.15) is 0 Å². The molecule has 0 bridgehead atoms. The van der Waals surface area contributed by atoms with Crippen LogP contribution in [0, 0.1) is 6.92 Å². The molecule has 0 saturated heterocycles. The Morgan fingerprint density at radius 3 is 2.00 bits per heavy atom. The summed E-state index contributed by atoms with van der Waals surface area (Å²) in [6.45, 7) is 4.40. The fraction of sp³-hybridized carbons (Fsp3) is 0.189. The van der Waals surface area contributed by atoms with Crippen molar-refractivity contribution in [1.82, 2.24) is 4.57 Å². The van der Waals surface area contributed by atoms with Gasteiger partial charge in [0.05, 0.1) is 11.0 Å². The first kappa shape index (κ1) is 25.0. The van der Waals surface area contributed by atoms with Crippen LogP contribution in [-0.4, -0.2) is 4.57 Å².